The van der Waals surface area contributed by atoms with Crippen LogP contribution in [0.4, 0.5) is 36.3 Å². The van der Waals surface area contributed by atoms with Crippen molar-refractivity contribution in [3.63, 3.8) is 0 Å². The molecule has 1 aliphatic carbocycles. The molecule has 0 saturated carbocycles. The largest absolute Gasteiger partial charge is 0.416 e. The molecule has 0 aliphatic heterocycles. The Bertz CT molecular complexity index is 1050. The van der Waals surface area contributed by atoms with Crippen molar-refractivity contribution in [3.8, 4) is 0 Å². The average Bonchev–Trinajstić information content (AvgIpc) is 2.68. The Labute approximate surface area is 165 Å². The summed E-state index contributed by atoms with van der Waals surface area (Å²) in [6.07, 6.45) is -2.75. The molecule has 29 heavy (non-hydrogen) atoms. The van der Waals surface area contributed by atoms with Gasteiger partial charge in [-0.05, 0) is 43.2 Å². The molecular weight excluding hydrogens is 381 g/mol. The summed E-state index contributed by atoms with van der Waals surface area (Å²) in [5, 5.41) is 5.97. The number of nitrogens with one attached hydrogen (secondary N) is 2. The number of rotatable bonds is 4. The Kier molecular flexibility index (Phi) is 4.92. The summed E-state index contributed by atoms with van der Waals surface area (Å²) >= 11 is 0. The molecule has 0 atom stereocenters. The fourth-order valence-electron chi connectivity index (χ4n) is 3.23. The highest BCUT2D eigenvalue weighted by Gasteiger charge is 2.30. The number of fused-ring (bicyclic) bond motifs is 1. The van der Waals surface area contributed by atoms with Crippen molar-refractivity contribution in [3.05, 3.63) is 71.4 Å². The third-order valence-electron chi connectivity index (χ3n) is 4.56. The molecule has 0 radical (unpaired) electrons. The van der Waals surface area contributed by atoms with Crippen LogP contribution in [0.2, 0.25) is 0 Å². The van der Waals surface area contributed by atoms with E-state index in [9.17, 15) is 18.0 Å². The number of para-hydroxylation sites is 1. The number of nitrogens with zero attached hydrogens (tertiary/aromatic N) is 2. The molecule has 4 rings (SSSR count). The number of hydrogen-bond donors (Lipinski definition) is 2. The smallest absolute Gasteiger partial charge is 0.339 e. The second-order valence-electron chi connectivity index (χ2n) is 6.69. The van der Waals surface area contributed by atoms with Crippen molar-refractivity contribution in [2.24, 2.45) is 0 Å². The number of aromatic nitrogens is 2. The third-order valence-corrected chi connectivity index (χ3v) is 4.56. The Morgan fingerprint density at radius 3 is 2.38 bits per heavy atom. The maximum atomic E-state index is 13.0. The molecule has 1 heterocycles. The molecular formula is C21H17F3N4O. The number of alkyl halides is 3. The van der Waals surface area contributed by atoms with Gasteiger partial charge in [0, 0.05) is 17.8 Å². The van der Waals surface area contributed by atoms with Gasteiger partial charge in [0.1, 0.15) is 5.82 Å². The molecule has 5 nitrogen and oxygen atoms in total. The minimum absolute atomic E-state index is 0.0460. The Balaban J connectivity index is 1.71. The summed E-state index contributed by atoms with van der Waals surface area (Å²) in [5.74, 6) is 0.437. The molecule has 1 aromatic heterocycles. The van der Waals surface area contributed by atoms with E-state index in [1.807, 2.05) is 30.3 Å². The summed E-state index contributed by atoms with van der Waals surface area (Å²) in [6.45, 7) is 0. The SMILES string of the molecule is O=C1CCCc2nc(Nc3cccc(C(F)(F)F)c3)nc(Nc3ccccc3)c21. The van der Waals surface area contributed by atoms with E-state index in [0.717, 1.165) is 17.8 Å². The van der Waals surface area contributed by atoms with Gasteiger partial charge in [-0.2, -0.15) is 18.2 Å². The fourth-order valence-corrected chi connectivity index (χ4v) is 3.23. The maximum absolute atomic E-state index is 13.0. The molecule has 2 N–H and O–H groups in total. The maximum Gasteiger partial charge on any atom is 0.416 e. The fraction of sp³-hybridized carbons (Fsp3) is 0.190. The van der Waals surface area contributed by atoms with Crippen LogP contribution < -0.4 is 10.6 Å². The van der Waals surface area contributed by atoms with Crippen molar-refractivity contribution in [2.75, 3.05) is 10.6 Å². The first-order valence-corrected chi connectivity index (χ1v) is 9.10. The molecule has 0 spiro atoms. The van der Waals surface area contributed by atoms with E-state index in [1.165, 1.54) is 12.1 Å². The lowest BCUT2D eigenvalue weighted by atomic mass is 9.95. The van der Waals surface area contributed by atoms with Gasteiger partial charge in [0.2, 0.25) is 5.95 Å². The topological polar surface area (TPSA) is 66.9 Å². The molecule has 0 saturated heterocycles. The number of benzene rings is 2. The third kappa shape index (κ3) is 4.21. The van der Waals surface area contributed by atoms with Crippen LogP contribution in [0.15, 0.2) is 54.6 Å². The van der Waals surface area contributed by atoms with Crippen LogP contribution in [-0.4, -0.2) is 15.8 Å². The highest BCUT2D eigenvalue weighted by molar-refractivity contribution is 6.03. The Hall–Kier alpha value is -3.42. The number of ketones is 1. The first kappa shape index (κ1) is 18.9. The summed E-state index contributed by atoms with van der Waals surface area (Å²) in [5.41, 5.74) is 1.22. The van der Waals surface area contributed by atoms with Gasteiger partial charge in [0.05, 0.1) is 16.8 Å². The monoisotopic (exact) mass is 398 g/mol. The number of carbonyl (C=O) groups is 1. The first-order valence-electron chi connectivity index (χ1n) is 9.10. The van der Waals surface area contributed by atoms with Crippen LogP contribution in [0.1, 0.15) is 34.5 Å². The molecule has 148 valence electrons. The number of halogens is 3. The van der Waals surface area contributed by atoms with E-state index < -0.39 is 11.7 Å². The minimum atomic E-state index is -4.44. The quantitative estimate of drug-likeness (QED) is 0.607. The van der Waals surface area contributed by atoms with Crippen molar-refractivity contribution >= 4 is 28.9 Å². The van der Waals surface area contributed by atoms with Gasteiger partial charge in [-0.25, -0.2) is 4.98 Å². The van der Waals surface area contributed by atoms with E-state index in [0.29, 0.717) is 36.3 Å². The highest BCUT2D eigenvalue weighted by Crippen LogP contribution is 2.32. The predicted molar refractivity (Wildman–Crippen MR) is 104 cm³/mol. The van der Waals surface area contributed by atoms with Crippen molar-refractivity contribution < 1.29 is 18.0 Å². The zero-order valence-corrected chi connectivity index (χ0v) is 15.3. The molecule has 0 amide bonds. The van der Waals surface area contributed by atoms with Gasteiger partial charge in [-0.3, -0.25) is 4.79 Å². The van der Waals surface area contributed by atoms with E-state index in [4.69, 9.17) is 0 Å². The molecule has 1 aliphatic rings. The van der Waals surface area contributed by atoms with Crippen LogP contribution in [0, 0.1) is 0 Å². The van der Waals surface area contributed by atoms with Crippen LogP contribution in [-0.2, 0) is 12.6 Å². The van der Waals surface area contributed by atoms with Crippen LogP contribution >= 0.6 is 0 Å². The van der Waals surface area contributed by atoms with Crippen molar-refractivity contribution in [2.45, 2.75) is 25.4 Å². The van der Waals surface area contributed by atoms with E-state index in [-0.39, 0.29) is 17.4 Å². The molecule has 2 aromatic carbocycles. The molecule has 0 fully saturated rings. The first-order chi connectivity index (χ1) is 13.9. The minimum Gasteiger partial charge on any atom is -0.339 e. The number of aryl methyl sites for hydroxylation is 1. The normalized spacial score (nSPS) is 13.7. The molecule has 3 aromatic rings. The van der Waals surface area contributed by atoms with Gasteiger partial charge < -0.3 is 10.6 Å². The zero-order valence-electron chi connectivity index (χ0n) is 15.3. The van der Waals surface area contributed by atoms with Gasteiger partial charge in [0.15, 0.2) is 5.78 Å². The second-order valence-corrected chi connectivity index (χ2v) is 6.69. The Morgan fingerprint density at radius 1 is 0.862 bits per heavy atom. The van der Waals surface area contributed by atoms with Crippen LogP contribution in [0.5, 0.6) is 0 Å². The van der Waals surface area contributed by atoms with Gasteiger partial charge in [-0.1, -0.05) is 24.3 Å². The highest BCUT2D eigenvalue weighted by atomic mass is 19.4. The number of Topliss-reactive ketones (excluding diaryl/α,β-unsaturated/α-hetero) is 1. The molecule has 0 unspecified atom stereocenters. The van der Waals surface area contributed by atoms with Crippen molar-refractivity contribution in [1.29, 1.82) is 0 Å². The van der Waals surface area contributed by atoms with Gasteiger partial charge in [0.25, 0.3) is 0 Å². The number of anilines is 4. The predicted octanol–water partition coefficient (Wildman–Crippen LogP) is 5.50. The lowest BCUT2D eigenvalue weighted by Crippen LogP contribution is -2.18. The summed E-state index contributed by atoms with van der Waals surface area (Å²) in [4.78, 5) is 21.2. The summed E-state index contributed by atoms with van der Waals surface area (Å²) < 4.78 is 38.9. The summed E-state index contributed by atoms with van der Waals surface area (Å²) in [6, 6.07) is 14.1. The number of hydrogen-bond acceptors (Lipinski definition) is 5. The zero-order chi connectivity index (χ0) is 20.4. The van der Waals surface area contributed by atoms with Crippen LogP contribution in [0.3, 0.4) is 0 Å². The molecule has 0 bridgehead atoms. The Morgan fingerprint density at radius 2 is 1.62 bits per heavy atom. The summed E-state index contributed by atoms with van der Waals surface area (Å²) in [7, 11) is 0. The van der Waals surface area contributed by atoms with Gasteiger partial charge >= 0.3 is 6.18 Å². The van der Waals surface area contributed by atoms with Crippen LogP contribution in [0.25, 0.3) is 0 Å². The molecule has 8 heteroatoms. The second kappa shape index (κ2) is 7.54. The standard InChI is InChI=1S/C21H17F3N4O/c22-21(23,24)13-6-4-9-15(12-13)26-20-27-16-10-5-11-17(29)18(16)19(28-20)25-14-7-2-1-3-8-14/h1-4,6-9,12H,5,10-11H2,(H2,25,26,27,28). The van der Waals surface area contributed by atoms with E-state index in [2.05, 4.69) is 20.6 Å². The van der Waals surface area contributed by atoms with E-state index >= 15 is 0 Å². The number of carbonyl (C=O) groups excluding carboxylic acids is 1. The lowest BCUT2D eigenvalue weighted by Gasteiger charge is -2.19. The van der Waals surface area contributed by atoms with Gasteiger partial charge in [-0.15, -0.1) is 0 Å². The average molecular weight is 398 g/mol. The van der Waals surface area contributed by atoms with Crippen molar-refractivity contribution in [1.82, 2.24) is 9.97 Å². The van der Waals surface area contributed by atoms with E-state index in [1.54, 1.807) is 0 Å². The lowest BCUT2D eigenvalue weighted by molar-refractivity contribution is -0.137.